The summed E-state index contributed by atoms with van der Waals surface area (Å²) in [6.07, 6.45) is 0.501. The van der Waals surface area contributed by atoms with Crippen molar-refractivity contribution in [1.29, 1.82) is 0 Å². The van der Waals surface area contributed by atoms with Crippen molar-refractivity contribution in [3.05, 3.63) is 34.9 Å². The van der Waals surface area contributed by atoms with Gasteiger partial charge in [0, 0.05) is 19.1 Å². The second-order valence-electron chi connectivity index (χ2n) is 4.43. The van der Waals surface area contributed by atoms with Crippen molar-refractivity contribution in [2.45, 2.75) is 13.5 Å². The van der Waals surface area contributed by atoms with Gasteiger partial charge < -0.3 is 4.74 Å². The van der Waals surface area contributed by atoms with Crippen LogP contribution in [-0.2, 0) is 16.2 Å². The summed E-state index contributed by atoms with van der Waals surface area (Å²) in [6, 6.07) is 7.00. The van der Waals surface area contributed by atoms with Crippen LogP contribution in [0.3, 0.4) is 0 Å². The summed E-state index contributed by atoms with van der Waals surface area (Å²) < 4.78 is 7.43. The van der Waals surface area contributed by atoms with E-state index in [9.17, 15) is 9.59 Å². The van der Waals surface area contributed by atoms with Crippen molar-refractivity contribution in [1.82, 2.24) is 8.61 Å². The molecule has 2 amide bonds. The normalized spacial score (nSPS) is 11.0. The molecule has 0 aliphatic heterocycles. The number of nitrogens with zero attached hydrogens (tertiary/aromatic N) is 3. The third-order valence-corrected chi connectivity index (χ3v) is 4.25. The Kier molecular flexibility index (Phi) is 8.80. The molecule has 0 unspecified atom stereocenters. The van der Waals surface area contributed by atoms with Crippen LogP contribution >= 0.6 is 35.5 Å². The van der Waals surface area contributed by atoms with Crippen LogP contribution in [0.5, 0.6) is 0 Å². The van der Waals surface area contributed by atoms with E-state index in [1.807, 2.05) is 6.26 Å². The highest BCUT2D eigenvalue weighted by Crippen LogP contribution is 2.16. The number of halogens is 1. The molecule has 0 aliphatic rings. The first-order valence-electron chi connectivity index (χ1n) is 6.69. The fraction of sp³-hybridized carbons (Fsp3) is 0.357. The lowest BCUT2D eigenvalue weighted by molar-refractivity contribution is 0.123. The first-order valence-corrected chi connectivity index (χ1v) is 9.03. The minimum Gasteiger partial charge on any atom is -0.444 e. The Morgan fingerprint density at radius 2 is 1.92 bits per heavy atom. The summed E-state index contributed by atoms with van der Waals surface area (Å²) in [6.45, 7) is 1.79. The van der Waals surface area contributed by atoms with Gasteiger partial charge in [-0.1, -0.05) is 28.9 Å². The molecule has 0 bridgehead atoms. The third kappa shape index (κ3) is 7.33. The van der Waals surface area contributed by atoms with Crippen LogP contribution < -0.4 is 0 Å². The maximum Gasteiger partial charge on any atom is 0.447 e. The summed E-state index contributed by atoms with van der Waals surface area (Å²) >= 11 is 8.05. The standard InChI is InChI=1S/C14H18ClN3O4S2/c1-10(23-4)16-22-14(20)18(3)24-17(2)13(19)21-9-11-6-5-7-12(15)8-11/h5-8H,9H2,1-4H3. The first kappa shape index (κ1) is 20.5. The summed E-state index contributed by atoms with van der Waals surface area (Å²) in [5.41, 5.74) is 0.767. The molecule has 132 valence electrons. The van der Waals surface area contributed by atoms with Gasteiger partial charge in [-0.2, -0.15) is 0 Å². The number of carbonyl (C=O) groups excluding carboxylic acids is 2. The molecule has 1 aromatic rings. The van der Waals surface area contributed by atoms with E-state index >= 15 is 0 Å². The molecule has 0 heterocycles. The maximum absolute atomic E-state index is 11.9. The number of thioether (sulfide) groups is 1. The van der Waals surface area contributed by atoms with E-state index in [2.05, 4.69) is 5.16 Å². The number of benzene rings is 1. The molecule has 1 rings (SSSR count). The van der Waals surface area contributed by atoms with Crippen molar-refractivity contribution < 1.29 is 19.2 Å². The summed E-state index contributed by atoms with van der Waals surface area (Å²) in [5, 5.41) is 4.80. The van der Waals surface area contributed by atoms with Gasteiger partial charge in [-0.15, -0.1) is 11.8 Å². The van der Waals surface area contributed by atoms with Gasteiger partial charge in [0.2, 0.25) is 0 Å². The van der Waals surface area contributed by atoms with E-state index in [4.69, 9.17) is 21.2 Å². The molecule has 0 saturated carbocycles. The van der Waals surface area contributed by atoms with Gasteiger partial charge in [-0.25, -0.2) is 18.2 Å². The molecular formula is C14H18ClN3O4S2. The topological polar surface area (TPSA) is 71.4 Å². The molecule has 0 fully saturated rings. The maximum atomic E-state index is 11.9. The molecule has 0 saturated heterocycles. The van der Waals surface area contributed by atoms with Crippen molar-refractivity contribution >= 4 is 52.7 Å². The SMILES string of the molecule is CSC(C)=NOC(=O)N(C)SN(C)C(=O)OCc1cccc(Cl)c1. The molecule has 24 heavy (non-hydrogen) atoms. The highest BCUT2D eigenvalue weighted by molar-refractivity contribution is 8.13. The van der Waals surface area contributed by atoms with Gasteiger partial charge in [-0.3, -0.25) is 4.84 Å². The van der Waals surface area contributed by atoms with E-state index in [1.54, 1.807) is 31.2 Å². The Morgan fingerprint density at radius 1 is 1.25 bits per heavy atom. The number of ether oxygens (including phenoxy) is 1. The van der Waals surface area contributed by atoms with Crippen molar-refractivity contribution in [3.63, 3.8) is 0 Å². The number of oxime groups is 1. The van der Waals surface area contributed by atoms with Crippen molar-refractivity contribution in [3.8, 4) is 0 Å². The molecule has 0 aliphatic carbocycles. The number of hydrogen-bond acceptors (Lipinski definition) is 7. The van der Waals surface area contributed by atoms with Crippen LogP contribution in [0.25, 0.3) is 0 Å². The molecular weight excluding hydrogens is 374 g/mol. The number of hydrogen-bond donors (Lipinski definition) is 0. The molecule has 0 atom stereocenters. The number of carbonyl (C=O) groups is 2. The predicted octanol–water partition coefficient (Wildman–Crippen LogP) is 4.24. The van der Waals surface area contributed by atoms with Gasteiger partial charge in [-0.05, 0) is 30.9 Å². The molecule has 0 aromatic heterocycles. The monoisotopic (exact) mass is 391 g/mol. The lowest BCUT2D eigenvalue weighted by Crippen LogP contribution is -2.29. The highest BCUT2D eigenvalue weighted by atomic mass is 35.5. The number of amides is 2. The molecule has 1 aromatic carbocycles. The second-order valence-corrected chi connectivity index (χ2v) is 7.13. The quantitative estimate of drug-likeness (QED) is 0.246. The Bertz CT molecular complexity index is 615. The fourth-order valence-electron chi connectivity index (χ4n) is 1.31. The zero-order chi connectivity index (χ0) is 18.1. The van der Waals surface area contributed by atoms with E-state index in [-0.39, 0.29) is 6.61 Å². The Balaban J connectivity index is 2.44. The Labute approximate surface area is 154 Å². The molecule has 10 heteroatoms. The van der Waals surface area contributed by atoms with E-state index < -0.39 is 12.2 Å². The van der Waals surface area contributed by atoms with Gasteiger partial charge in [0.05, 0.1) is 12.1 Å². The van der Waals surface area contributed by atoms with Crippen LogP contribution in [-0.4, -0.2) is 46.2 Å². The lowest BCUT2D eigenvalue weighted by atomic mass is 10.2. The number of rotatable bonds is 5. The average molecular weight is 392 g/mol. The van der Waals surface area contributed by atoms with Crippen LogP contribution in [0.1, 0.15) is 12.5 Å². The summed E-state index contributed by atoms with van der Waals surface area (Å²) in [5.74, 6) is 0. The molecule has 7 nitrogen and oxygen atoms in total. The van der Waals surface area contributed by atoms with Gasteiger partial charge in [0.1, 0.15) is 11.7 Å². The van der Waals surface area contributed by atoms with Gasteiger partial charge >= 0.3 is 12.2 Å². The largest absolute Gasteiger partial charge is 0.447 e. The third-order valence-electron chi connectivity index (χ3n) is 2.56. The minimum absolute atomic E-state index is 0.0790. The minimum atomic E-state index is -0.706. The van der Waals surface area contributed by atoms with Gasteiger partial charge in [0.15, 0.2) is 0 Å². The molecule has 0 radical (unpaired) electrons. The Morgan fingerprint density at radius 3 is 2.54 bits per heavy atom. The van der Waals surface area contributed by atoms with E-state index in [0.29, 0.717) is 10.1 Å². The van der Waals surface area contributed by atoms with E-state index in [1.165, 1.54) is 25.9 Å². The Hall–Kier alpha value is -1.58. The zero-order valence-corrected chi connectivity index (χ0v) is 16.1. The summed E-state index contributed by atoms with van der Waals surface area (Å²) in [4.78, 5) is 28.3. The van der Waals surface area contributed by atoms with Crippen LogP contribution in [0.15, 0.2) is 29.4 Å². The average Bonchev–Trinajstić information content (AvgIpc) is 2.56. The zero-order valence-electron chi connectivity index (χ0n) is 13.7. The lowest BCUT2D eigenvalue weighted by Gasteiger charge is -2.20. The van der Waals surface area contributed by atoms with Crippen LogP contribution in [0.4, 0.5) is 9.59 Å². The second kappa shape index (κ2) is 10.3. The summed E-state index contributed by atoms with van der Waals surface area (Å²) in [7, 11) is 2.93. The predicted molar refractivity (Wildman–Crippen MR) is 97.9 cm³/mol. The van der Waals surface area contributed by atoms with E-state index in [0.717, 1.165) is 26.3 Å². The van der Waals surface area contributed by atoms with Gasteiger partial charge in [0.25, 0.3) is 0 Å². The first-order chi connectivity index (χ1) is 11.3. The smallest absolute Gasteiger partial charge is 0.444 e. The van der Waals surface area contributed by atoms with Crippen molar-refractivity contribution in [2.24, 2.45) is 5.16 Å². The molecule has 0 N–H and O–H groups in total. The fourth-order valence-corrected chi connectivity index (χ4v) is 2.22. The van der Waals surface area contributed by atoms with Crippen LogP contribution in [0.2, 0.25) is 5.02 Å². The highest BCUT2D eigenvalue weighted by Gasteiger charge is 2.19. The van der Waals surface area contributed by atoms with Crippen molar-refractivity contribution in [2.75, 3.05) is 20.4 Å². The molecule has 0 spiro atoms. The van der Waals surface area contributed by atoms with Crippen LogP contribution in [0, 0.1) is 0 Å².